The third-order valence-corrected chi connectivity index (χ3v) is 4.19. The van der Waals surface area contributed by atoms with E-state index in [4.69, 9.17) is 4.42 Å². The summed E-state index contributed by atoms with van der Waals surface area (Å²) in [6.07, 6.45) is 1.68. The monoisotopic (exact) mass is 333 g/mol. The summed E-state index contributed by atoms with van der Waals surface area (Å²) >= 11 is 0. The Morgan fingerprint density at radius 3 is 2.76 bits per heavy atom. The van der Waals surface area contributed by atoms with Crippen LogP contribution in [-0.2, 0) is 13.6 Å². The van der Waals surface area contributed by atoms with Gasteiger partial charge < -0.3 is 14.3 Å². The van der Waals surface area contributed by atoms with E-state index in [1.165, 1.54) is 0 Å². The molecule has 3 heterocycles. The van der Waals surface area contributed by atoms with E-state index in [0.29, 0.717) is 28.7 Å². The molecule has 4 aromatic rings. The number of para-hydroxylation sites is 1. The zero-order valence-electron chi connectivity index (χ0n) is 13.5. The van der Waals surface area contributed by atoms with Gasteiger partial charge in [-0.3, -0.25) is 9.78 Å². The van der Waals surface area contributed by atoms with Crippen molar-refractivity contribution in [2.75, 3.05) is 0 Å². The van der Waals surface area contributed by atoms with Crippen LogP contribution >= 0.6 is 0 Å². The molecule has 0 bridgehead atoms. The number of nitrogens with zero attached hydrogens (tertiary/aromatic N) is 2. The van der Waals surface area contributed by atoms with Crippen LogP contribution in [0.5, 0.6) is 0 Å². The Hall–Kier alpha value is -3.41. The molecule has 1 amide bonds. The first-order chi connectivity index (χ1) is 12.1. The summed E-state index contributed by atoms with van der Waals surface area (Å²) in [4.78, 5) is 29.0. The molecule has 0 saturated heterocycles. The van der Waals surface area contributed by atoms with E-state index in [2.05, 4.69) is 10.3 Å². The summed E-state index contributed by atoms with van der Waals surface area (Å²) in [6.45, 7) is 0.316. The van der Waals surface area contributed by atoms with Crippen LogP contribution in [0.1, 0.15) is 16.2 Å². The number of fused-ring (bicyclic) bond motifs is 3. The molecule has 6 nitrogen and oxygen atoms in total. The molecule has 3 aromatic heterocycles. The number of amides is 1. The lowest BCUT2D eigenvalue weighted by atomic mass is 10.2. The Labute approximate surface area is 142 Å². The van der Waals surface area contributed by atoms with E-state index in [1.807, 2.05) is 30.3 Å². The maximum absolute atomic E-state index is 12.6. The maximum atomic E-state index is 12.6. The minimum Gasteiger partial charge on any atom is -0.422 e. The normalized spacial score (nSPS) is 11.1. The number of aromatic nitrogens is 2. The van der Waals surface area contributed by atoms with E-state index in [9.17, 15) is 9.59 Å². The predicted octanol–water partition coefficient (Wildman–Crippen LogP) is 2.61. The fourth-order valence-corrected chi connectivity index (χ4v) is 2.97. The van der Waals surface area contributed by atoms with E-state index in [0.717, 1.165) is 11.1 Å². The van der Waals surface area contributed by atoms with Crippen molar-refractivity contribution in [1.29, 1.82) is 0 Å². The lowest BCUT2D eigenvalue weighted by molar-refractivity contribution is 0.0942. The number of benzene rings is 1. The second kappa shape index (κ2) is 5.90. The van der Waals surface area contributed by atoms with Crippen molar-refractivity contribution in [2.24, 2.45) is 7.05 Å². The fraction of sp³-hybridized carbons (Fsp3) is 0.105. The molecular weight excluding hydrogens is 318 g/mol. The van der Waals surface area contributed by atoms with E-state index >= 15 is 0 Å². The Morgan fingerprint density at radius 2 is 1.96 bits per heavy atom. The topological polar surface area (TPSA) is 77.1 Å². The highest BCUT2D eigenvalue weighted by atomic mass is 16.4. The fourth-order valence-electron chi connectivity index (χ4n) is 2.97. The summed E-state index contributed by atoms with van der Waals surface area (Å²) in [5.74, 6) is -0.271. The molecule has 1 N–H and O–H groups in total. The smallest absolute Gasteiger partial charge is 0.345 e. The molecule has 0 radical (unpaired) electrons. The summed E-state index contributed by atoms with van der Waals surface area (Å²) < 4.78 is 7.07. The molecule has 0 fully saturated rings. The zero-order chi connectivity index (χ0) is 17.4. The minimum absolute atomic E-state index is 0.271. The highest BCUT2D eigenvalue weighted by molar-refractivity contribution is 6.07. The predicted molar refractivity (Wildman–Crippen MR) is 94.4 cm³/mol. The summed E-state index contributed by atoms with van der Waals surface area (Å²) in [5.41, 5.74) is 1.90. The van der Waals surface area contributed by atoms with Crippen LogP contribution in [0.15, 0.2) is 63.9 Å². The van der Waals surface area contributed by atoms with E-state index in [1.54, 1.807) is 36.0 Å². The maximum Gasteiger partial charge on any atom is 0.345 e. The Kier molecular flexibility index (Phi) is 3.57. The molecule has 6 heteroatoms. The van der Waals surface area contributed by atoms with Gasteiger partial charge in [-0.2, -0.15) is 0 Å². The summed E-state index contributed by atoms with van der Waals surface area (Å²) in [5, 5.41) is 4.02. The lowest BCUT2D eigenvalue weighted by Crippen LogP contribution is -2.25. The molecule has 0 aliphatic carbocycles. The van der Waals surface area contributed by atoms with Crippen molar-refractivity contribution in [2.45, 2.75) is 6.54 Å². The largest absolute Gasteiger partial charge is 0.422 e. The van der Waals surface area contributed by atoms with Gasteiger partial charge in [0, 0.05) is 18.6 Å². The molecule has 0 unspecified atom stereocenters. The highest BCUT2D eigenvalue weighted by Crippen LogP contribution is 2.25. The van der Waals surface area contributed by atoms with Gasteiger partial charge in [0.2, 0.25) is 0 Å². The molecule has 0 aliphatic rings. The average molecular weight is 333 g/mol. The first-order valence-electron chi connectivity index (χ1n) is 7.84. The van der Waals surface area contributed by atoms with Gasteiger partial charge >= 0.3 is 5.63 Å². The van der Waals surface area contributed by atoms with Crippen LogP contribution in [0, 0.1) is 0 Å². The molecule has 0 aliphatic heterocycles. The Balaban J connectivity index is 1.76. The van der Waals surface area contributed by atoms with Crippen LogP contribution in [0.2, 0.25) is 0 Å². The van der Waals surface area contributed by atoms with Gasteiger partial charge in [-0.15, -0.1) is 0 Å². The van der Waals surface area contributed by atoms with Gasteiger partial charge in [-0.05, 0) is 30.3 Å². The van der Waals surface area contributed by atoms with Crippen molar-refractivity contribution in [3.05, 3.63) is 76.5 Å². The van der Waals surface area contributed by atoms with Crippen molar-refractivity contribution < 1.29 is 9.21 Å². The summed E-state index contributed by atoms with van der Waals surface area (Å²) in [7, 11) is 1.77. The quantitative estimate of drug-likeness (QED) is 0.585. The molecule has 4 rings (SSSR count). The zero-order valence-corrected chi connectivity index (χ0v) is 13.5. The van der Waals surface area contributed by atoms with Crippen LogP contribution in [0.4, 0.5) is 0 Å². The van der Waals surface area contributed by atoms with Gasteiger partial charge in [0.05, 0.1) is 23.1 Å². The van der Waals surface area contributed by atoms with Crippen molar-refractivity contribution in [3.63, 3.8) is 0 Å². The number of aryl methyl sites for hydroxylation is 1. The number of pyridine rings is 1. The lowest BCUT2D eigenvalue weighted by Gasteiger charge is -2.07. The van der Waals surface area contributed by atoms with Crippen molar-refractivity contribution in [3.8, 4) is 0 Å². The first-order valence-corrected chi connectivity index (χ1v) is 7.84. The SMILES string of the molecule is Cn1c(C(=O)NCc2ccccn2)cc2c(=O)oc3ccccc3c21. The van der Waals surface area contributed by atoms with Gasteiger partial charge in [0.25, 0.3) is 5.91 Å². The molecule has 0 spiro atoms. The standard InChI is InChI=1S/C19H15N3O3/c1-22-15(18(23)21-11-12-6-4-5-9-20-12)10-14-17(22)13-7-2-3-8-16(13)25-19(14)24/h2-10H,11H2,1H3,(H,21,23). The van der Waals surface area contributed by atoms with Gasteiger partial charge in [-0.1, -0.05) is 18.2 Å². The van der Waals surface area contributed by atoms with Crippen LogP contribution in [0.3, 0.4) is 0 Å². The van der Waals surface area contributed by atoms with E-state index in [-0.39, 0.29) is 5.91 Å². The highest BCUT2D eigenvalue weighted by Gasteiger charge is 2.18. The number of carbonyl (C=O) groups excluding carboxylic acids is 1. The minimum atomic E-state index is -0.451. The van der Waals surface area contributed by atoms with Gasteiger partial charge in [0.1, 0.15) is 11.3 Å². The van der Waals surface area contributed by atoms with Crippen LogP contribution < -0.4 is 10.9 Å². The van der Waals surface area contributed by atoms with Gasteiger partial charge in [-0.25, -0.2) is 4.79 Å². The molecule has 0 saturated carbocycles. The summed E-state index contributed by atoms with van der Waals surface area (Å²) in [6, 6.07) is 14.4. The van der Waals surface area contributed by atoms with Crippen LogP contribution in [0.25, 0.3) is 21.9 Å². The molecule has 124 valence electrons. The van der Waals surface area contributed by atoms with Crippen LogP contribution in [-0.4, -0.2) is 15.5 Å². The number of carbonyl (C=O) groups is 1. The molecule has 1 aromatic carbocycles. The number of hydrogen-bond donors (Lipinski definition) is 1. The van der Waals surface area contributed by atoms with Gasteiger partial charge in [0.15, 0.2) is 0 Å². The first kappa shape index (κ1) is 15.1. The second-order valence-electron chi connectivity index (χ2n) is 5.74. The average Bonchev–Trinajstić information content (AvgIpc) is 2.99. The second-order valence-corrected chi connectivity index (χ2v) is 5.74. The third kappa shape index (κ3) is 2.57. The third-order valence-electron chi connectivity index (χ3n) is 4.19. The Bertz CT molecular complexity index is 1140. The molecule has 25 heavy (non-hydrogen) atoms. The number of nitrogens with one attached hydrogen (secondary N) is 1. The van der Waals surface area contributed by atoms with Crippen molar-refractivity contribution >= 4 is 27.8 Å². The van der Waals surface area contributed by atoms with E-state index < -0.39 is 5.63 Å². The molecule has 0 atom stereocenters. The molecular formula is C19H15N3O3. The van der Waals surface area contributed by atoms with Crippen molar-refractivity contribution in [1.82, 2.24) is 14.9 Å². The number of hydrogen-bond acceptors (Lipinski definition) is 4. The Morgan fingerprint density at radius 1 is 1.16 bits per heavy atom. The number of rotatable bonds is 3.